The van der Waals surface area contributed by atoms with Crippen LogP contribution in [-0.4, -0.2) is 17.1 Å². The van der Waals surface area contributed by atoms with Crippen molar-refractivity contribution in [3.05, 3.63) is 65.4 Å². The van der Waals surface area contributed by atoms with Crippen LogP contribution >= 0.6 is 0 Å². The van der Waals surface area contributed by atoms with Gasteiger partial charge in [0, 0.05) is 11.9 Å². The van der Waals surface area contributed by atoms with E-state index in [1.54, 1.807) is 0 Å². The van der Waals surface area contributed by atoms with Crippen LogP contribution in [0.2, 0.25) is 0 Å². The monoisotopic (exact) mass is 306 g/mol. The number of nitrogens with zero attached hydrogens (tertiary/aromatic N) is 1. The second-order valence-corrected chi connectivity index (χ2v) is 5.83. The van der Waals surface area contributed by atoms with E-state index in [-0.39, 0.29) is 5.91 Å². The van der Waals surface area contributed by atoms with Crippen LogP contribution in [0.3, 0.4) is 0 Å². The van der Waals surface area contributed by atoms with Gasteiger partial charge in [-0.3, -0.25) is 4.79 Å². The van der Waals surface area contributed by atoms with Gasteiger partial charge in [-0.2, -0.15) is 0 Å². The van der Waals surface area contributed by atoms with Crippen molar-refractivity contribution in [1.82, 2.24) is 9.88 Å². The van der Waals surface area contributed by atoms with E-state index in [0.29, 0.717) is 25.4 Å². The maximum absolute atomic E-state index is 12.6. The third-order valence-corrected chi connectivity index (χ3v) is 4.39. The summed E-state index contributed by atoms with van der Waals surface area (Å²) in [4.78, 5) is 12.6. The Kier molecular flexibility index (Phi) is 3.30. The fourth-order valence-electron chi connectivity index (χ4n) is 3.15. The number of amides is 1. The van der Waals surface area contributed by atoms with E-state index in [0.717, 1.165) is 22.2 Å². The quantitative estimate of drug-likeness (QED) is 0.807. The molecule has 4 nitrogen and oxygen atoms in total. The second-order valence-electron chi connectivity index (χ2n) is 5.83. The van der Waals surface area contributed by atoms with E-state index in [2.05, 4.69) is 22.9 Å². The van der Waals surface area contributed by atoms with E-state index >= 15 is 0 Å². The molecule has 0 aliphatic carbocycles. The van der Waals surface area contributed by atoms with Gasteiger partial charge in [0.05, 0.1) is 12.1 Å². The third kappa shape index (κ3) is 2.36. The van der Waals surface area contributed by atoms with Crippen LogP contribution in [0.25, 0.3) is 10.9 Å². The molecule has 116 valence electrons. The summed E-state index contributed by atoms with van der Waals surface area (Å²) in [5, 5.41) is 4.08. The lowest BCUT2D eigenvalue weighted by atomic mass is 10.1. The summed E-state index contributed by atoms with van der Waals surface area (Å²) >= 11 is 0. The van der Waals surface area contributed by atoms with Crippen molar-refractivity contribution in [2.75, 3.05) is 6.61 Å². The molecule has 0 saturated carbocycles. The van der Waals surface area contributed by atoms with Gasteiger partial charge in [0.2, 0.25) is 0 Å². The van der Waals surface area contributed by atoms with E-state index < -0.39 is 0 Å². The largest absolute Gasteiger partial charge is 0.490 e. The van der Waals surface area contributed by atoms with Gasteiger partial charge in [-0.15, -0.1) is 0 Å². The topological polar surface area (TPSA) is 43.3 Å². The van der Waals surface area contributed by atoms with Gasteiger partial charge in [0.1, 0.15) is 18.1 Å². The first-order valence-electron chi connectivity index (χ1n) is 7.82. The van der Waals surface area contributed by atoms with Gasteiger partial charge in [-0.25, -0.2) is 0 Å². The molecule has 1 N–H and O–H groups in total. The summed E-state index contributed by atoms with van der Waals surface area (Å²) in [7, 11) is 0. The molecular weight excluding hydrogens is 288 g/mol. The van der Waals surface area contributed by atoms with Crippen molar-refractivity contribution in [2.45, 2.75) is 20.0 Å². The maximum atomic E-state index is 12.6. The van der Waals surface area contributed by atoms with Crippen LogP contribution in [-0.2, 0) is 13.1 Å². The molecule has 1 aliphatic heterocycles. The Morgan fingerprint density at radius 3 is 2.96 bits per heavy atom. The predicted octanol–water partition coefficient (Wildman–Crippen LogP) is 3.27. The molecule has 3 aromatic rings. The SMILES string of the molecule is Cc1ccccc1CNC(=O)c1cc2cccc3c2n1CCO3. The molecule has 0 unspecified atom stereocenters. The molecule has 0 bridgehead atoms. The average Bonchev–Trinajstić information content (AvgIpc) is 2.95. The molecule has 1 aromatic heterocycles. The predicted molar refractivity (Wildman–Crippen MR) is 89.8 cm³/mol. The molecule has 1 aliphatic rings. The molecule has 0 radical (unpaired) electrons. The summed E-state index contributed by atoms with van der Waals surface area (Å²) in [6.45, 7) is 3.89. The Balaban J connectivity index is 1.63. The molecular formula is C19H18N2O2. The number of hydrogen-bond donors (Lipinski definition) is 1. The summed E-state index contributed by atoms with van der Waals surface area (Å²) in [6, 6.07) is 16.0. The lowest BCUT2D eigenvalue weighted by Crippen LogP contribution is -2.27. The minimum absolute atomic E-state index is 0.0442. The zero-order valence-electron chi connectivity index (χ0n) is 13.0. The highest BCUT2D eigenvalue weighted by atomic mass is 16.5. The first kappa shape index (κ1) is 13.9. The Hall–Kier alpha value is -2.75. The molecule has 4 heteroatoms. The van der Waals surface area contributed by atoms with Gasteiger partial charge in [-0.1, -0.05) is 36.4 Å². The van der Waals surface area contributed by atoms with Gasteiger partial charge in [0.15, 0.2) is 0 Å². The number of carbonyl (C=O) groups is 1. The van der Waals surface area contributed by atoms with Gasteiger partial charge >= 0.3 is 0 Å². The summed E-state index contributed by atoms with van der Waals surface area (Å²) in [5.74, 6) is 0.809. The highest BCUT2D eigenvalue weighted by Crippen LogP contribution is 2.31. The van der Waals surface area contributed by atoms with Gasteiger partial charge in [0.25, 0.3) is 5.91 Å². The smallest absolute Gasteiger partial charge is 0.268 e. The van der Waals surface area contributed by atoms with Crippen LogP contribution in [0.1, 0.15) is 21.6 Å². The second kappa shape index (κ2) is 5.47. The number of hydrogen-bond acceptors (Lipinski definition) is 2. The Labute approximate surface area is 134 Å². The molecule has 1 amide bonds. The Morgan fingerprint density at radius 2 is 2.09 bits per heavy atom. The van der Waals surface area contributed by atoms with E-state index in [4.69, 9.17) is 4.74 Å². The van der Waals surface area contributed by atoms with Crippen molar-refractivity contribution >= 4 is 16.8 Å². The van der Waals surface area contributed by atoms with Crippen LogP contribution in [0.5, 0.6) is 5.75 Å². The number of rotatable bonds is 3. The molecule has 0 fully saturated rings. The van der Waals surface area contributed by atoms with E-state index in [9.17, 15) is 4.79 Å². The Bertz CT molecular complexity index is 896. The van der Waals surface area contributed by atoms with Gasteiger partial charge in [-0.05, 0) is 30.2 Å². The highest BCUT2D eigenvalue weighted by molar-refractivity contribution is 6.00. The van der Waals surface area contributed by atoms with Crippen LogP contribution in [0.4, 0.5) is 0 Å². The lowest BCUT2D eigenvalue weighted by molar-refractivity contribution is 0.0940. The van der Waals surface area contributed by atoms with E-state index in [1.165, 1.54) is 5.56 Å². The highest BCUT2D eigenvalue weighted by Gasteiger charge is 2.21. The number of aromatic nitrogens is 1. The summed E-state index contributed by atoms with van der Waals surface area (Å²) in [5.41, 5.74) is 4.04. The molecule has 0 saturated heterocycles. The number of nitrogens with one attached hydrogen (secondary N) is 1. The first-order valence-corrected chi connectivity index (χ1v) is 7.82. The van der Waals surface area contributed by atoms with Gasteiger partial charge < -0.3 is 14.6 Å². The van der Waals surface area contributed by atoms with Crippen LogP contribution < -0.4 is 10.1 Å². The van der Waals surface area contributed by atoms with Crippen molar-refractivity contribution < 1.29 is 9.53 Å². The summed E-state index contributed by atoms with van der Waals surface area (Å²) in [6.07, 6.45) is 0. The van der Waals surface area contributed by atoms with Crippen LogP contribution in [0.15, 0.2) is 48.5 Å². The lowest BCUT2D eigenvalue weighted by Gasteiger charge is -2.18. The first-order chi connectivity index (χ1) is 11.2. The number of para-hydroxylation sites is 1. The Morgan fingerprint density at radius 1 is 1.22 bits per heavy atom. The zero-order chi connectivity index (χ0) is 15.8. The molecule has 2 aromatic carbocycles. The number of carbonyl (C=O) groups excluding carboxylic acids is 1. The average molecular weight is 306 g/mol. The molecule has 0 spiro atoms. The standard InChI is InChI=1S/C19H18N2O2/c1-13-5-2-3-6-15(13)12-20-19(22)16-11-14-7-4-8-17-18(14)21(16)9-10-23-17/h2-8,11H,9-10,12H2,1H3,(H,20,22). The van der Waals surface area contributed by atoms with Crippen LogP contribution in [0, 0.1) is 6.92 Å². The zero-order valence-corrected chi connectivity index (χ0v) is 13.0. The van der Waals surface area contributed by atoms with Crippen molar-refractivity contribution in [3.63, 3.8) is 0 Å². The molecule has 0 atom stereocenters. The fourth-order valence-corrected chi connectivity index (χ4v) is 3.15. The number of ether oxygens (including phenoxy) is 1. The van der Waals surface area contributed by atoms with Crippen molar-refractivity contribution in [2.24, 2.45) is 0 Å². The van der Waals surface area contributed by atoms with E-state index in [1.807, 2.05) is 42.5 Å². The fraction of sp³-hybridized carbons (Fsp3) is 0.211. The molecule has 4 rings (SSSR count). The minimum Gasteiger partial charge on any atom is -0.490 e. The number of aryl methyl sites for hydroxylation is 1. The molecule has 23 heavy (non-hydrogen) atoms. The van der Waals surface area contributed by atoms with Crippen molar-refractivity contribution in [1.29, 1.82) is 0 Å². The minimum atomic E-state index is -0.0442. The van der Waals surface area contributed by atoms with Crippen molar-refractivity contribution in [3.8, 4) is 5.75 Å². The maximum Gasteiger partial charge on any atom is 0.268 e. The third-order valence-electron chi connectivity index (χ3n) is 4.39. The summed E-state index contributed by atoms with van der Waals surface area (Å²) < 4.78 is 7.74. The number of benzene rings is 2. The normalized spacial score (nSPS) is 12.9. The molecule has 2 heterocycles.